The Morgan fingerprint density at radius 3 is 2.25 bits per heavy atom. The monoisotopic (exact) mass is 768 g/mol. The van der Waals surface area contributed by atoms with Crippen LogP contribution in [0.5, 0.6) is 23.0 Å². The van der Waals surface area contributed by atoms with Gasteiger partial charge < -0.3 is 23.8 Å². The predicted molar refractivity (Wildman–Crippen MR) is 190 cm³/mol. The molecular formula is C37H35F3N4O7S2. The first-order valence-corrected chi connectivity index (χ1v) is 18.5. The summed E-state index contributed by atoms with van der Waals surface area (Å²) in [6.07, 6.45) is 1.22. The lowest BCUT2D eigenvalue weighted by atomic mass is 9.80. The Morgan fingerprint density at radius 1 is 0.868 bits per heavy atom. The van der Waals surface area contributed by atoms with E-state index in [0.29, 0.717) is 47.1 Å². The van der Waals surface area contributed by atoms with Gasteiger partial charge in [-0.2, -0.15) is 4.37 Å². The number of hydrogen-bond acceptors (Lipinski definition) is 10. The average Bonchev–Trinajstić information content (AvgIpc) is 3.70. The van der Waals surface area contributed by atoms with E-state index in [2.05, 4.69) is 9.36 Å². The molecule has 16 heteroatoms. The molecule has 1 aromatic heterocycles. The van der Waals surface area contributed by atoms with Crippen LogP contribution in [-0.4, -0.2) is 63.1 Å². The minimum atomic E-state index is -4.76. The Labute approximate surface area is 308 Å². The topological polar surface area (TPSA) is 120 Å². The zero-order valence-electron chi connectivity index (χ0n) is 28.9. The highest BCUT2D eigenvalue weighted by Crippen LogP contribution is 2.37. The highest BCUT2D eigenvalue weighted by Gasteiger charge is 2.37. The first kappa shape index (κ1) is 37.4. The van der Waals surface area contributed by atoms with Gasteiger partial charge in [0.2, 0.25) is 11.0 Å². The van der Waals surface area contributed by atoms with E-state index >= 15 is 8.78 Å². The number of aromatic nitrogens is 2. The number of piperidine rings is 1. The van der Waals surface area contributed by atoms with Crippen LogP contribution < -0.4 is 23.3 Å². The van der Waals surface area contributed by atoms with Crippen molar-refractivity contribution >= 4 is 32.6 Å². The average molecular weight is 769 g/mol. The van der Waals surface area contributed by atoms with Gasteiger partial charge >= 0.3 is 0 Å². The highest BCUT2D eigenvalue weighted by atomic mass is 32.2. The van der Waals surface area contributed by atoms with Crippen LogP contribution in [0.15, 0.2) is 90.1 Å². The molecule has 1 aliphatic rings. The third kappa shape index (κ3) is 8.33. The summed E-state index contributed by atoms with van der Waals surface area (Å²) in [7, 11) is -0.334. The maximum Gasteiger partial charge on any atom is 0.269 e. The van der Waals surface area contributed by atoms with Gasteiger partial charge in [0, 0.05) is 66.6 Å². The summed E-state index contributed by atoms with van der Waals surface area (Å²) < 4.78 is 99.8. The summed E-state index contributed by atoms with van der Waals surface area (Å²) in [6, 6.07) is 19.0. The zero-order valence-corrected chi connectivity index (χ0v) is 30.5. The second kappa shape index (κ2) is 16.1. The number of anilines is 1. The fourth-order valence-corrected chi connectivity index (χ4v) is 8.36. The Hall–Kier alpha value is -5.35. The standard InChI is InChI=1S/C37H35F3N4O7S2/c1-48-28-11-4-23(5-12-28)18-43-19-26(30(15-36(43)45)24-6-9-27(38)10-7-24)21-51-34-16-32(40)35(17-31(34)39)53(46,47)44(37-41-22-42-52-37)20-25-8-13-29(49-2)14-33(25)50-3/h4-14,16-17,22,26,30H,15,18-21H2,1-3H3/t26-,30?/m0/s1. The molecule has 2 heterocycles. The zero-order chi connectivity index (χ0) is 37.7. The molecule has 1 aliphatic heterocycles. The minimum absolute atomic E-state index is 0.0737. The minimum Gasteiger partial charge on any atom is -0.497 e. The Morgan fingerprint density at radius 2 is 1.58 bits per heavy atom. The molecule has 1 fully saturated rings. The Balaban J connectivity index is 1.26. The number of carbonyl (C=O) groups is 1. The molecule has 0 saturated carbocycles. The quantitative estimate of drug-likeness (QED) is 0.123. The summed E-state index contributed by atoms with van der Waals surface area (Å²) >= 11 is 0.756. The largest absolute Gasteiger partial charge is 0.497 e. The van der Waals surface area contributed by atoms with Gasteiger partial charge in [0.25, 0.3) is 10.0 Å². The fraction of sp³-hybridized carbons (Fsp3) is 0.270. The van der Waals surface area contributed by atoms with Crippen LogP contribution >= 0.6 is 11.5 Å². The molecule has 53 heavy (non-hydrogen) atoms. The van der Waals surface area contributed by atoms with Gasteiger partial charge in [-0.25, -0.2) is 30.9 Å². The molecule has 278 valence electrons. The maximum atomic E-state index is 15.8. The molecular weight excluding hydrogens is 734 g/mol. The summed E-state index contributed by atoms with van der Waals surface area (Å²) in [5.74, 6) is -2.87. The van der Waals surface area contributed by atoms with E-state index in [1.165, 1.54) is 26.4 Å². The summed E-state index contributed by atoms with van der Waals surface area (Å²) in [5, 5.41) is -0.0825. The molecule has 0 spiro atoms. The first-order valence-electron chi connectivity index (χ1n) is 16.3. The Kier molecular flexibility index (Phi) is 11.4. The number of benzene rings is 4. The molecule has 1 saturated heterocycles. The van der Waals surface area contributed by atoms with Crippen LogP contribution in [0.4, 0.5) is 18.3 Å². The van der Waals surface area contributed by atoms with Crippen molar-refractivity contribution in [2.24, 2.45) is 5.92 Å². The van der Waals surface area contributed by atoms with Gasteiger partial charge in [-0.15, -0.1) is 0 Å². The van der Waals surface area contributed by atoms with Crippen molar-refractivity contribution in [1.82, 2.24) is 14.3 Å². The van der Waals surface area contributed by atoms with Gasteiger partial charge in [-0.05, 0) is 47.5 Å². The van der Waals surface area contributed by atoms with Crippen molar-refractivity contribution in [3.8, 4) is 23.0 Å². The predicted octanol–water partition coefficient (Wildman–Crippen LogP) is 6.59. The van der Waals surface area contributed by atoms with E-state index in [1.807, 2.05) is 12.1 Å². The fourth-order valence-electron chi connectivity index (χ4n) is 6.17. The van der Waals surface area contributed by atoms with Crippen LogP contribution in [0, 0.1) is 23.4 Å². The third-order valence-corrected chi connectivity index (χ3v) is 11.5. The molecule has 0 radical (unpaired) electrons. The van der Waals surface area contributed by atoms with Gasteiger partial charge in [-0.1, -0.05) is 24.3 Å². The van der Waals surface area contributed by atoms with Gasteiger partial charge in [0.05, 0.1) is 34.5 Å². The number of likely N-dealkylation sites (tertiary alicyclic amines) is 1. The van der Waals surface area contributed by atoms with Crippen LogP contribution in [0.1, 0.15) is 29.0 Å². The van der Waals surface area contributed by atoms with Gasteiger partial charge in [-0.3, -0.25) is 4.79 Å². The van der Waals surface area contributed by atoms with E-state index in [0.717, 1.165) is 27.7 Å². The van der Waals surface area contributed by atoms with E-state index in [9.17, 15) is 17.6 Å². The van der Waals surface area contributed by atoms with Gasteiger partial charge in [0.1, 0.15) is 40.1 Å². The molecule has 11 nitrogen and oxygen atoms in total. The second-order valence-electron chi connectivity index (χ2n) is 12.2. The SMILES string of the molecule is COc1ccc(CN2C[C@@H](COc3cc(F)c(S(=O)(=O)N(Cc4ccc(OC)cc4OC)c4ncns4)cc3F)C(c3ccc(F)cc3)CC2=O)cc1. The lowest BCUT2D eigenvalue weighted by Gasteiger charge is -2.38. The number of nitrogens with zero attached hydrogens (tertiary/aromatic N) is 4. The summed E-state index contributed by atoms with van der Waals surface area (Å²) in [4.78, 5) is 18.1. The molecule has 0 N–H and O–H groups in total. The number of amides is 1. The van der Waals surface area contributed by atoms with Crippen molar-refractivity contribution in [3.05, 3.63) is 119 Å². The van der Waals surface area contributed by atoms with Crippen molar-refractivity contribution in [2.45, 2.75) is 30.3 Å². The molecule has 0 aliphatic carbocycles. The number of halogens is 3. The second-order valence-corrected chi connectivity index (χ2v) is 14.8. The molecule has 5 aromatic rings. The molecule has 6 rings (SSSR count). The Bertz CT molecular complexity index is 2160. The van der Waals surface area contributed by atoms with Crippen molar-refractivity contribution in [3.63, 3.8) is 0 Å². The number of methoxy groups -OCH3 is 3. The summed E-state index contributed by atoms with van der Waals surface area (Å²) in [5.41, 5.74) is 1.95. The molecule has 1 amide bonds. The number of carbonyl (C=O) groups excluding carboxylic acids is 1. The normalized spacial score (nSPS) is 16.0. The van der Waals surface area contributed by atoms with E-state index in [-0.39, 0.29) is 37.2 Å². The third-order valence-electron chi connectivity index (χ3n) is 8.98. The van der Waals surface area contributed by atoms with Crippen LogP contribution in [0.2, 0.25) is 0 Å². The highest BCUT2D eigenvalue weighted by molar-refractivity contribution is 7.93. The lowest BCUT2D eigenvalue weighted by Crippen LogP contribution is -2.45. The van der Waals surface area contributed by atoms with E-state index in [4.69, 9.17) is 18.9 Å². The molecule has 2 atom stereocenters. The molecule has 4 aromatic carbocycles. The molecule has 0 bridgehead atoms. The first-order chi connectivity index (χ1) is 25.5. The van der Waals surface area contributed by atoms with Gasteiger partial charge in [0.15, 0.2) is 11.6 Å². The van der Waals surface area contributed by atoms with E-state index < -0.39 is 50.0 Å². The number of ether oxygens (including phenoxy) is 4. The van der Waals surface area contributed by atoms with Crippen LogP contribution in [0.25, 0.3) is 0 Å². The molecule has 1 unspecified atom stereocenters. The van der Waals surface area contributed by atoms with Crippen molar-refractivity contribution < 1.29 is 45.3 Å². The number of rotatable bonds is 14. The maximum absolute atomic E-state index is 15.8. The number of hydrogen-bond donors (Lipinski definition) is 0. The van der Waals surface area contributed by atoms with E-state index in [1.54, 1.807) is 54.5 Å². The van der Waals surface area contributed by atoms with Crippen molar-refractivity contribution in [1.29, 1.82) is 0 Å². The van der Waals surface area contributed by atoms with Crippen molar-refractivity contribution in [2.75, 3.05) is 38.8 Å². The van der Waals surface area contributed by atoms with Crippen LogP contribution in [-0.2, 0) is 27.9 Å². The summed E-state index contributed by atoms with van der Waals surface area (Å²) in [6.45, 7) is -0.0130. The smallest absolute Gasteiger partial charge is 0.269 e. The number of sulfonamides is 1. The lowest BCUT2D eigenvalue weighted by molar-refractivity contribution is -0.136. The van der Waals surface area contributed by atoms with Crippen LogP contribution in [0.3, 0.4) is 0 Å².